The lowest BCUT2D eigenvalue weighted by Gasteiger charge is -2.11. The molecule has 0 saturated heterocycles. The first-order chi connectivity index (χ1) is 9.63. The molecule has 0 saturated carbocycles. The Kier molecular flexibility index (Phi) is 4.20. The predicted octanol–water partition coefficient (Wildman–Crippen LogP) is 2.04. The van der Waals surface area contributed by atoms with Crippen LogP contribution in [0, 0.1) is 0 Å². The van der Waals surface area contributed by atoms with E-state index in [4.69, 9.17) is 16.2 Å². The molecule has 104 valence electrons. The molecule has 5 nitrogen and oxygen atoms in total. The van der Waals surface area contributed by atoms with E-state index in [0.29, 0.717) is 17.9 Å². The highest BCUT2D eigenvalue weighted by Gasteiger charge is 2.16. The fourth-order valence-electron chi connectivity index (χ4n) is 1.98. The van der Waals surface area contributed by atoms with Crippen LogP contribution in [-0.2, 0) is 0 Å². The number of fused-ring (bicyclic) bond motifs is 1. The van der Waals surface area contributed by atoms with E-state index in [-0.39, 0.29) is 5.96 Å². The maximum Gasteiger partial charge on any atom is 0.284 e. The van der Waals surface area contributed by atoms with Gasteiger partial charge < -0.3 is 16.2 Å². The van der Waals surface area contributed by atoms with Crippen LogP contribution in [0.4, 0.5) is 0 Å². The molecule has 0 heterocycles. The van der Waals surface area contributed by atoms with Gasteiger partial charge in [-0.25, -0.2) is 0 Å². The standard InChI is InChI=1S/C15H17N3O2/c1-2-9-20-12-8-7-10-5-3-4-6-11(10)13(12)14(19)18-15(16)17/h3-8H,2,9H2,1H3,(H4,16,17,18,19). The van der Waals surface area contributed by atoms with Crippen LogP contribution in [0.5, 0.6) is 5.75 Å². The zero-order valence-corrected chi connectivity index (χ0v) is 11.3. The van der Waals surface area contributed by atoms with Crippen molar-refractivity contribution < 1.29 is 9.53 Å². The number of nitrogens with two attached hydrogens (primary N) is 2. The van der Waals surface area contributed by atoms with Crippen molar-refractivity contribution in [1.29, 1.82) is 0 Å². The van der Waals surface area contributed by atoms with Gasteiger partial charge in [-0.3, -0.25) is 4.79 Å². The van der Waals surface area contributed by atoms with Crippen LogP contribution >= 0.6 is 0 Å². The third kappa shape index (κ3) is 2.88. The highest BCUT2D eigenvalue weighted by Crippen LogP contribution is 2.29. The Balaban J connectivity index is 2.61. The number of guanidine groups is 1. The van der Waals surface area contributed by atoms with Crippen molar-refractivity contribution in [2.24, 2.45) is 16.5 Å². The van der Waals surface area contributed by atoms with E-state index in [1.54, 1.807) is 6.07 Å². The average molecular weight is 271 g/mol. The van der Waals surface area contributed by atoms with E-state index < -0.39 is 5.91 Å². The molecule has 0 unspecified atom stereocenters. The number of hydrogen-bond donors (Lipinski definition) is 2. The molecule has 0 aliphatic rings. The van der Waals surface area contributed by atoms with Gasteiger partial charge >= 0.3 is 0 Å². The maximum absolute atomic E-state index is 12.2. The first kappa shape index (κ1) is 13.9. The van der Waals surface area contributed by atoms with Crippen molar-refractivity contribution in [3.05, 3.63) is 42.0 Å². The van der Waals surface area contributed by atoms with Gasteiger partial charge in [-0.15, -0.1) is 0 Å². The first-order valence-electron chi connectivity index (χ1n) is 6.42. The molecule has 5 heteroatoms. The Bertz CT molecular complexity index is 661. The number of benzene rings is 2. The number of carbonyl (C=O) groups excluding carboxylic acids is 1. The molecule has 0 spiro atoms. The first-order valence-corrected chi connectivity index (χ1v) is 6.42. The molecule has 0 fully saturated rings. The van der Waals surface area contributed by atoms with E-state index >= 15 is 0 Å². The number of aliphatic imine (C=N–C) groups is 1. The molecule has 2 aromatic rings. The summed E-state index contributed by atoms with van der Waals surface area (Å²) < 4.78 is 5.63. The highest BCUT2D eigenvalue weighted by molar-refractivity contribution is 6.12. The summed E-state index contributed by atoms with van der Waals surface area (Å²) in [4.78, 5) is 15.8. The third-order valence-electron chi connectivity index (χ3n) is 2.80. The third-order valence-corrected chi connectivity index (χ3v) is 2.80. The van der Waals surface area contributed by atoms with Crippen LogP contribution in [0.1, 0.15) is 23.7 Å². The van der Waals surface area contributed by atoms with Crippen LogP contribution in [0.25, 0.3) is 10.8 Å². The predicted molar refractivity (Wildman–Crippen MR) is 79.9 cm³/mol. The molecule has 0 atom stereocenters. The van der Waals surface area contributed by atoms with Crippen LogP contribution in [0.2, 0.25) is 0 Å². The number of amides is 1. The minimum Gasteiger partial charge on any atom is -0.493 e. The van der Waals surface area contributed by atoms with Crippen molar-refractivity contribution >= 4 is 22.6 Å². The summed E-state index contributed by atoms with van der Waals surface area (Å²) in [5.74, 6) is -0.252. The molecule has 0 aliphatic carbocycles. The second kappa shape index (κ2) is 6.06. The fraction of sp³-hybridized carbons (Fsp3) is 0.200. The molecular weight excluding hydrogens is 254 g/mol. The minimum atomic E-state index is -0.493. The van der Waals surface area contributed by atoms with Gasteiger partial charge in [0.25, 0.3) is 5.91 Å². The second-order valence-electron chi connectivity index (χ2n) is 4.35. The largest absolute Gasteiger partial charge is 0.493 e. The lowest BCUT2D eigenvalue weighted by Crippen LogP contribution is -2.24. The van der Waals surface area contributed by atoms with Crippen LogP contribution in [0.3, 0.4) is 0 Å². The van der Waals surface area contributed by atoms with Crippen molar-refractivity contribution in [3.8, 4) is 5.75 Å². The quantitative estimate of drug-likeness (QED) is 0.657. The maximum atomic E-state index is 12.2. The molecule has 2 rings (SSSR count). The monoisotopic (exact) mass is 271 g/mol. The summed E-state index contributed by atoms with van der Waals surface area (Å²) in [5.41, 5.74) is 11.0. The zero-order chi connectivity index (χ0) is 14.5. The molecule has 4 N–H and O–H groups in total. The number of hydrogen-bond acceptors (Lipinski definition) is 2. The lowest BCUT2D eigenvalue weighted by molar-refractivity contribution is 0.100. The van der Waals surface area contributed by atoms with Crippen LogP contribution < -0.4 is 16.2 Å². The molecule has 1 amide bonds. The molecule has 2 aromatic carbocycles. The van der Waals surface area contributed by atoms with Gasteiger partial charge in [0.1, 0.15) is 5.75 Å². The smallest absolute Gasteiger partial charge is 0.284 e. The topological polar surface area (TPSA) is 90.7 Å². The van der Waals surface area contributed by atoms with Crippen molar-refractivity contribution in [2.75, 3.05) is 6.61 Å². The lowest BCUT2D eigenvalue weighted by atomic mass is 10.0. The summed E-state index contributed by atoms with van der Waals surface area (Å²) in [6.07, 6.45) is 0.850. The summed E-state index contributed by atoms with van der Waals surface area (Å²) >= 11 is 0. The Morgan fingerprint density at radius 2 is 1.95 bits per heavy atom. The highest BCUT2D eigenvalue weighted by atomic mass is 16.5. The van der Waals surface area contributed by atoms with Gasteiger partial charge in [-0.1, -0.05) is 37.3 Å². The van der Waals surface area contributed by atoms with Crippen molar-refractivity contribution in [2.45, 2.75) is 13.3 Å². The Hall–Kier alpha value is -2.56. The number of ether oxygens (including phenoxy) is 1. The molecule has 0 aromatic heterocycles. The minimum absolute atomic E-state index is 0.260. The van der Waals surface area contributed by atoms with Crippen molar-refractivity contribution in [3.63, 3.8) is 0 Å². The molecule has 0 radical (unpaired) electrons. The summed E-state index contributed by atoms with van der Waals surface area (Å²) in [6, 6.07) is 11.2. The normalized spacial score (nSPS) is 10.2. The van der Waals surface area contributed by atoms with Gasteiger partial charge in [0, 0.05) is 0 Å². The van der Waals surface area contributed by atoms with E-state index in [0.717, 1.165) is 17.2 Å². The molecule has 20 heavy (non-hydrogen) atoms. The van der Waals surface area contributed by atoms with E-state index in [1.165, 1.54) is 0 Å². The summed E-state index contributed by atoms with van der Waals surface area (Å²) in [5, 5.41) is 1.71. The van der Waals surface area contributed by atoms with E-state index in [1.807, 2.05) is 37.3 Å². The average Bonchev–Trinajstić information content (AvgIpc) is 2.43. The zero-order valence-electron chi connectivity index (χ0n) is 11.3. The Labute approximate surface area is 117 Å². The number of carbonyl (C=O) groups is 1. The van der Waals surface area contributed by atoms with Gasteiger partial charge in [-0.2, -0.15) is 4.99 Å². The molecular formula is C15H17N3O2. The van der Waals surface area contributed by atoms with E-state index in [9.17, 15) is 4.79 Å². The van der Waals surface area contributed by atoms with Gasteiger partial charge in [0.2, 0.25) is 0 Å². The van der Waals surface area contributed by atoms with Gasteiger partial charge in [0.15, 0.2) is 5.96 Å². The Morgan fingerprint density at radius 3 is 2.65 bits per heavy atom. The van der Waals surface area contributed by atoms with Crippen molar-refractivity contribution in [1.82, 2.24) is 0 Å². The van der Waals surface area contributed by atoms with Crippen LogP contribution in [-0.4, -0.2) is 18.5 Å². The number of rotatable bonds is 4. The van der Waals surface area contributed by atoms with Gasteiger partial charge in [0.05, 0.1) is 12.2 Å². The SMILES string of the molecule is CCCOc1ccc2ccccc2c1C(=O)N=C(N)N. The fourth-order valence-corrected chi connectivity index (χ4v) is 1.98. The van der Waals surface area contributed by atoms with E-state index in [2.05, 4.69) is 4.99 Å². The van der Waals surface area contributed by atoms with Crippen LogP contribution in [0.15, 0.2) is 41.4 Å². The number of nitrogens with zero attached hydrogens (tertiary/aromatic N) is 1. The second-order valence-corrected chi connectivity index (χ2v) is 4.35. The molecule has 0 aliphatic heterocycles. The summed E-state index contributed by atoms with van der Waals surface area (Å²) in [7, 11) is 0. The van der Waals surface area contributed by atoms with Gasteiger partial charge in [-0.05, 0) is 23.3 Å². The Morgan fingerprint density at radius 1 is 1.20 bits per heavy atom. The summed E-state index contributed by atoms with van der Waals surface area (Å²) in [6.45, 7) is 2.53. The molecule has 0 bridgehead atoms.